The van der Waals surface area contributed by atoms with Gasteiger partial charge >= 0.3 is 6.03 Å². The lowest BCUT2D eigenvalue weighted by Crippen LogP contribution is -2.42. The van der Waals surface area contributed by atoms with E-state index >= 15 is 0 Å². The fraction of sp³-hybridized carbons (Fsp3) is 0.636. The zero-order valence-electron chi connectivity index (χ0n) is 17.4. The van der Waals surface area contributed by atoms with E-state index in [2.05, 4.69) is 50.4 Å². The molecule has 0 radical (unpaired) electrons. The lowest BCUT2D eigenvalue weighted by molar-refractivity contribution is -0.131. The Balaban J connectivity index is 1.81. The number of hydrogen-bond donors (Lipinski definition) is 1. The van der Waals surface area contributed by atoms with Gasteiger partial charge < -0.3 is 15.1 Å². The summed E-state index contributed by atoms with van der Waals surface area (Å²) in [7, 11) is 0. The minimum Gasteiger partial charge on any atom is -0.341 e. The van der Waals surface area contributed by atoms with E-state index in [9.17, 15) is 9.59 Å². The van der Waals surface area contributed by atoms with Crippen LogP contribution in [0.15, 0.2) is 24.3 Å². The predicted octanol–water partition coefficient (Wildman–Crippen LogP) is 3.57. The van der Waals surface area contributed by atoms with Crippen LogP contribution in [0.25, 0.3) is 0 Å². The quantitative estimate of drug-likeness (QED) is 0.858. The molecule has 1 heterocycles. The van der Waals surface area contributed by atoms with Gasteiger partial charge in [-0.2, -0.15) is 0 Å². The molecule has 1 aliphatic heterocycles. The molecule has 0 saturated carbocycles. The molecule has 150 valence electrons. The van der Waals surface area contributed by atoms with Crippen molar-refractivity contribution in [3.63, 3.8) is 0 Å². The Bertz CT molecular complexity index is 619. The predicted molar refractivity (Wildman–Crippen MR) is 110 cm³/mol. The van der Waals surface area contributed by atoms with Crippen LogP contribution in [0.3, 0.4) is 0 Å². The Morgan fingerprint density at radius 1 is 1.00 bits per heavy atom. The molecule has 0 atom stereocenters. The highest BCUT2D eigenvalue weighted by Crippen LogP contribution is 2.22. The Hall–Kier alpha value is -2.04. The molecule has 0 aliphatic carbocycles. The summed E-state index contributed by atoms with van der Waals surface area (Å²) in [6.45, 7) is 12.0. The normalized spacial score (nSPS) is 15.4. The summed E-state index contributed by atoms with van der Waals surface area (Å²) in [4.78, 5) is 28.5. The summed E-state index contributed by atoms with van der Waals surface area (Å²) in [5.74, 6) is 0.186. The zero-order chi connectivity index (χ0) is 19.9. The number of rotatable bonds is 5. The van der Waals surface area contributed by atoms with E-state index in [0.717, 1.165) is 25.8 Å². The number of aryl methyl sites for hydroxylation is 1. The number of carbonyl (C=O) groups excluding carboxylic acids is 2. The summed E-state index contributed by atoms with van der Waals surface area (Å²) in [6.07, 6.45) is 3.06. The molecule has 0 unspecified atom stereocenters. The van der Waals surface area contributed by atoms with Crippen LogP contribution in [0.5, 0.6) is 0 Å². The van der Waals surface area contributed by atoms with Crippen molar-refractivity contribution in [3.8, 4) is 0 Å². The molecule has 1 N–H and O–H groups in total. The van der Waals surface area contributed by atoms with Gasteiger partial charge in [0.1, 0.15) is 0 Å². The van der Waals surface area contributed by atoms with E-state index < -0.39 is 0 Å². The first-order valence-electron chi connectivity index (χ1n) is 10.2. The first-order chi connectivity index (χ1) is 12.8. The SMILES string of the molecule is CCCNC(=O)N1CCCN(C(=O)CCc2ccc(C(C)(C)C)cc2)CC1. The molecule has 0 spiro atoms. The number of urea groups is 1. The molecule has 2 rings (SSSR count). The Labute approximate surface area is 164 Å². The topological polar surface area (TPSA) is 52.7 Å². The van der Waals surface area contributed by atoms with Crippen LogP contribution in [0.4, 0.5) is 4.79 Å². The van der Waals surface area contributed by atoms with Crippen molar-refractivity contribution in [2.45, 2.75) is 58.8 Å². The summed E-state index contributed by atoms with van der Waals surface area (Å²) in [5.41, 5.74) is 2.66. The van der Waals surface area contributed by atoms with E-state index in [4.69, 9.17) is 0 Å². The average molecular weight is 374 g/mol. The van der Waals surface area contributed by atoms with Crippen molar-refractivity contribution < 1.29 is 9.59 Å². The van der Waals surface area contributed by atoms with Crippen LogP contribution in [0.1, 0.15) is 58.1 Å². The smallest absolute Gasteiger partial charge is 0.317 e. The largest absolute Gasteiger partial charge is 0.341 e. The molecule has 5 nitrogen and oxygen atoms in total. The highest BCUT2D eigenvalue weighted by molar-refractivity contribution is 5.77. The molecule has 1 aliphatic rings. The first-order valence-corrected chi connectivity index (χ1v) is 10.2. The third-order valence-electron chi connectivity index (χ3n) is 5.11. The van der Waals surface area contributed by atoms with E-state index in [1.54, 1.807) is 0 Å². The minimum atomic E-state index is -0.00918. The zero-order valence-corrected chi connectivity index (χ0v) is 17.4. The van der Waals surface area contributed by atoms with Crippen molar-refractivity contribution >= 4 is 11.9 Å². The number of amides is 3. The van der Waals surface area contributed by atoms with Gasteiger partial charge in [-0.3, -0.25) is 4.79 Å². The minimum absolute atomic E-state index is 0.00918. The summed E-state index contributed by atoms with van der Waals surface area (Å²) < 4.78 is 0. The maximum absolute atomic E-state index is 12.6. The number of nitrogens with one attached hydrogen (secondary N) is 1. The maximum atomic E-state index is 12.6. The second-order valence-corrected chi connectivity index (χ2v) is 8.40. The first kappa shape index (κ1) is 21.3. The van der Waals surface area contributed by atoms with Crippen molar-refractivity contribution in [2.75, 3.05) is 32.7 Å². The Morgan fingerprint density at radius 2 is 1.63 bits per heavy atom. The molecule has 1 saturated heterocycles. The summed E-state index contributed by atoms with van der Waals surface area (Å²) in [5, 5.41) is 2.92. The fourth-order valence-electron chi connectivity index (χ4n) is 3.29. The van der Waals surface area contributed by atoms with Crippen molar-refractivity contribution in [1.82, 2.24) is 15.1 Å². The van der Waals surface area contributed by atoms with E-state index in [1.807, 2.05) is 16.7 Å². The van der Waals surface area contributed by atoms with E-state index in [1.165, 1.54) is 11.1 Å². The van der Waals surface area contributed by atoms with E-state index in [0.29, 0.717) is 32.6 Å². The molecule has 1 fully saturated rings. The van der Waals surface area contributed by atoms with Crippen LogP contribution in [-0.4, -0.2) is 54.5 Å². The molecule has 27 heavy (non-hydrogen) atoms. The third-order valence-corrected chi connectivity index (χ3v) is 5.11. The van der Waals surface area contributed by atoms with Gasteiger partial charge in [-0.25, -0.2) is 4.79 Å². The van der Waals surface area contributed by atoms with Crippen LogP contribution in [0, 0.1) is 0 Å². The average Bonchev–Trinajstić information content (AvgIpc) is 2.90. The lowest BCUT2D eigenvalue weighted by Gasteiger charge is -2.22. The van der Waals surface area contributed by atoms with Crippen molar-refractivity contribution in [1.29, 1.82) is 0 Å². The van der Waals surface area contributed by atoms with Gasteiger partial charge in [0.2, 0.25) is 5.91 Å². The van der Waals surface area contributed by atoms with Crippen molar-refractivity contribution in [3.05, 3.63) is 35.4 Å². The Morgan fingerprint density at radius 3 is 2.26 bits per heavy atom. The molecule has 1 aromatic carbocycles. The van der Waals surface area contributed by atoms with E-state index in [-0.39, 0.29) is 17.4 Å². The molecule has 0 aromatic heterocycles. The van der Waals surface area contributed by atoms with Gasteiger partial charge in [-0.05, 0) is 35.8 Å². The molecular formula is C22H35N3O2. The highest BCUT2D eigenvalue weighted by Gasteiger charge is 2.21. The number of hydrogen-bond acceptors (Lipinski definition) is 2. The van der Waals surface area contributed by atoms with Crippen LogP contribution < -0.4 is 5.32 Å². The monoisotopic (exact) mass is 373 g/mol. The molecule has 3 amide bonds. The number of benzene rings is 1. The lowest BCUT2D eigenvalue weighted by atomic mass is 9.86. The molecule has 1 aromatic rings. The van der Waals surface area contributed by atoms with Gasteiger partial charge in [0, 0.05) is 39.1 Å². The maximum Gasteiger partial charge on any atom is 0.317 e. The third kappa shape index (κ3) is 6.56. The standard InChI is InChI=1S/C22H35N3O2/c1-5-13-23-21(27)25-15-6-14-24(16-17-25)20(26)12-9-18-7-10-19(11-8-18)22(2,3)4/h7-8,10-11H,5-6,9,12-17H2,1-4H3,(H,23,27). The number of carbonyl (C=O) groups is 2. The summed E-state index contributed by atoms with van der Waals surface area (Å²) in [6, 6.07) is 8.59. The Kier molecular flexibility index (Phi) is 7.69. The molecule has 5 heteroatoms. The summed E-state index contributed by atoms with van der Waals surface area (Å²) >= 11 is 0. The van der Waals surface area contributed by atoms with Crippen LogP contribution in [0.2, 0.25) is 0 Å². The second-order valence-electron chi connectivity index (χ2n) is 8.40. The van der Waals surface area contributed by atoms with Gasteiger partial charge in [-0.1, -0.05) is 52.0 Å². The number of nitrogens with zero attached hydrogens (tertiary/aromatic N) is 2. The van der Waals surface area contributed by atoms with Gasteiger partial charge in [-0.15, -0.1) is 0 Å². The van der Waals surface area contributed by atoms with Crippen molar-refractivity contribution in [2.24, 2.45) is 0 Å². The second kappa shape index (κ2) is 9.77. The fourth-order valence-corrected chi connectivity index (χ4v) is 3.29. The van der Waals surface area contributed by atoms with Crippen LogP contribution >= 0.6 is 0 Å². The van der Waals surface area contributed by atoms with Gasteiger partial charge in [0.15, 0.2) is 0 Å². The van der Waals surface area contributed by atoms with Crippen LogP contribution in [-0.2, 0) is 16.6 Å². The molecule has 0 bridgehead atoms. The van der Waals surface area contributed by atoms with Gasteiger partial charge in [0.25, 0.3) is 0 Å². The highest BCUT2D eigenvalue weighted by atomic mass is 16.2. The van der Waals surface area contributed by atoms with Gasteiger partial charge in [0.05, 0.1) is 0 Å². The molecular weight excluding hydrogens is 338 g/mol.